The van der Waals surface area contributed by atoms with E-state index in [-0.39, 0.29) is 0 Å². The second kappa shape index (κ2) is 14.5. The summed E-state index contributed by atoms with van der Waals surface area (Å²) in [4.78, 5) is 0. The number of rotatable bonds is 7. The summed E-state index contributed by atoms with van der Waals surface area (Å²) < 4.78 is 7.60. The quantitative estimate of drug-likeness (QED) is 0.112. The number of hydrogen-bond donors (Lipinski definition) is 0. The van der Waals surface area contributed by atoms with Crippen LogP contribution in [-0.2, 0) is 0 Å². The number of hydrogen-bond acceptors (Lipinski definition) is 0. The average Bonchev–Trinajstić information content (AvgIpc) is 4.01. The third kappa shape index (κ3) is 5.21. The third-order valence-corrected chi connectivity index (χ3v) is 18.4. The molecular weight excluding hydrogens is 791 g/mol. The van der Waals surface area contributed by atoms with Crippen LogP contribution in [0.5, 0.6) is 0 Å². The molecular formula is C60H41N3Si. The Balaban J connectivity index is 1.27. The van der Waals surface area contributed by atoms with Crippen molar-refractivity contribution in [2.45, 2.75) is 0 Å². The molecule has 64 heavy (non-hydrogen) atoms. The molecule has 0 N–H and O–H groups in total. The van der Waals surface area contributed by atoms with Crippen molar-refractivity contribution in [3.63, 3.8) is 0 Å². The van der Waals surface area contributed by atoms with Crippen LogP contribution < -0.4 is 20.7 Å². The van der Waals surface area contributed by atoms with Crippen LogP contribution in [0.2, 0.25) is 0 Å². The van der Waals surface area contributed by atoms with E-state index in [9.17, 15) is 0 Å². The van der Waals surface area contributed by atoms with Crippen molar-refractivity contribution in [2.24, 2.45) is 0 Å². The molecule has 4 heteroatoms. The Labute approximate surface area is 372 Å². The first kappa shape index (κ1) is 36.5. The standard InChI is InChI=1S/C60H41N3Si/c1-5-21-42(22-6-1)61-53-33-17-13-31-49(53)51-38-37-43(41-57(51)61)62-54-34-18-16-32-50(54)52-39-40-58(60(59(52)62)63-55-35-19-14-29-47(55)48-30-15-20-36-56(48)63)64(44-23-7-2-8-24-44,45-25-9-3-10-26-45)46-27-11-4-12-28-46/h1-41H. The highest BCUT2D eigenvalue weighted by molar-refractivity contribution is 7.20. The zero-order valence-corrected chi connectivity index (χ0v) is 36.0. The summed E-state index contributed by atoms with van der Waals surface area (Å²) in [5.74, 6) is 0. The maximum atomic E-state index is 2.60. The lowest BCUT2D eigenvalue weighted by molar-refractivity contribution is 1.13. The summed E-state index contributed by atoms with van der Waals surface area (Å²) in [6.45, 7) is 0. The second-order valence-corrected chi connectivity index (χ2v) is 20.6. The molecule has 3 aromatic heterocycles. The monoisotopic (exact) mass is 831 g/mol. The van der Waals surface area contributed by atoms with Crippen LogP contribution in [0.1, 0.15) is 0 Å². The van der Waals surface area contributed by atoms with E-state index in [1.165, 1.54) is 91.9 Å². The summed E-state index contributed by atoms with van der Waals surface area (Å²) in [7, 11) is -3.12. The van der Waals surface area contributed by atoms with Gasteiger partial charge in [0.05, 0.1) is 38.8 Å². The van der Waals surface area contributed by atoms with Crippen molar-refractivity contribution in [1.29, 1.82) is 0 Å². The molecule has 3 nitrogen and oxygen atoms in total. The zero-order chi connectivity index (χ0) is 42.2. The highest BCUT2D eigenvalue weighted by atomic mass is 28.3. The number of para-hydroxylation sites is 5. The van der Waals surface area contributed by atoms with Gasteiger partial charge in [-0.1, -0.05) is 200 Å². The minimum Gasteiger partial charge on any atom is -0.309 e. The Morgan fingerprint density at radius 3 is 1.12 bits per heavy atom. The van der Waals surface area contributed by atoms with E-state index in [4.69, 9.17) is 0 Å². The van der Waals surface area contributed by atoms with Crippen molar-refractivity contribution >= 4 is 94.2 Å². The van der Waals surface area contributed by atoms with Crippen molar-refractivity contribution in [2.75, 3.05) is 0 Å². The molecule has 0 fully saturated rings. The lowest BCUT2D eigenvalue weighted by Gasteiger charge is -2.36. The van der Waals surface area contributed by atoms with E-state index in [1.54, 1.807) is 0 Å². The van der Waals surface area contributed by atoms with Gasteiger partial charge in [0.1, 0.15) is 0 Å². The van der Waals surface area contributed by atoms with Crippen molar-refractivity contribution in [1.82, 2.24) is 13.7 Å². The van der Waals surface area contributed by atoms with Crippen molar-refractivity contribution in [3.8, 4) is 17.1 Å². The Morgan fingerprint density at radius 2 is 0.625 bits per heavy atom. The fourth-order valence-electron chi connectivity index (χ4n) is 11.0. The van der Waals surface area contributed by atoms with E-state index in [1.807, 2.05) is 0 Å². The first-order chi connectivity index (χ1) is 31.8. The van der Waals surface area contributed by atoms with E-state index in [0.717, 1.165) is 11.4 Å². The number of fused-ring (bicyclic) bond motifs is 9. The highest BCUT2D eigenvalue weighted by Gasteiger charge is 2.44. The van der Waals surface area contributed by atoms with Gasteiger partial charge in [-0.05, 0) is 69.3 Å². The molecule has 0 saturated carbocycles. The first-order valence-corrected chi connectivity index (χ1v) is 24.1. The van der Waals surface area contributed by atoms with Gasteiger partial charge in [0.15, 0.2) is 8.07 Å². The summed E-state index contributed by atoms with van der Waals surface area (Å²) in [6, 6.07) is 92.6. The lowest BCUT2D eigenvalue weighted by atomic mass is 10.1. The molecule has 0 aliphatic rings. The molecule has 13 aromatic rings. The molecule has 0 bridgehead atoms. The van der Waals surface area contributed by atoms with E-state index in [0.29, 0.717) is 0 Å². The zero-order valence-electron chi connectivity index (χ0n) is 35.0. The van der Waals surface area contributed by atoms with Crippen LogP contribution in [0.15, 0.2) is 249 Å². The van der Waals surface area contributed by atoms with Crippen LogP contribution in [0.25, 0.3) is 82.5 Å². The van der Waals surface area contributed by atoms with Gasteiger partial charge in [-0.3, -0.25) is 0 Å². The molecule has 0 aliphatic heterocycles. The summed E-state index contributed by atoms with van der Waals surface area (Å²) in [5, 5.41) is 12.7. The predicted octanol–water partition coefficient (Wildman–Crippen LogP) is 12.4. The fraction of sp³-hybridized carbons (Fsp3) is 0. The maximum absolute atomic E-state index is 3.12. The fourth-order valence-corrected chi connectivity index (χ4v) is 15.9. The average molecular weight is 832 g/mol. The van der Waals surface area contributed by atoms with Gasteiger partial charge in [0.2, 0.25) is 0 Å². The molecule has 13 rings (SSSR count). The van der Waals surface area contributed by atoms with Gasteiger partial charge in [-0.2, -0.15) is 0 Å². The van der Waals surface area contributed by atoms with Crippen molar-refractivity contribution < 1.29 is 0 Å². The van der Waals surface area contributed by atoms with Crippen LogP contribution in [0.4, 0.5) is 0 Å². The minimum atomic E-state index is -3.12. The minimum absolute atomic E-state index is 1.12. The van der Waals surface area contributed by atoms with Gasteiger partial charge in [0, 0.05) is 43.7 Å². The molecule has 0 unspecified atom stereocenters. The number of nitrogens with zero attached hydrogens (tertiary/aromatic N) is 3. The van der Waals surface area contributed by atoms with E-state index in [2.05, 4.69) is 262 Å². The Hall–Kier alpha value is -8.18. The normalized spacial score (nSPS) is 12.1. The van der Waals surface area contributed by atoms with Gasteiger partial charge in [-0.25, -0.2) is 0 Å². The molecule has 3 heterocycles. The number of benzene rings is 10. The van der Waals surface area contributed by atoms with E-state index >= 15 is 0 Å². The van der Waals surface area contributed by atoms with Gasteiger partial charge < -0.3 is 13.7 Å². The smallest absolute Gasteiger partial charge is 0.181 e. The van der Waals surface area contributed by atoms with Gasteiger partial charge >= 0.3 is 0 Å². The van der Waals surface area contributed by atoms with Crippen molar-refractivity contribution in [3.05, 3.63) is 249 Å². The second-order valence-electron chi connectivity index (χ2n) is 16.8. The van der Waals surface area contributed by atoms with Crippen LogP contribution in [-0.4, -0.2) is 21.8 Å². The maximum Gasteiger partial charge on any atom is 0.181 e. The lowest BCUT2D eigenvalue weighted by Crippen LogP contribution is -2.75. The summed E-state index contributed by atoms with van der Waals surface area (Å²) in [5.41, 5.74) is 10.6. The summed E-state index contributed by atoms with van der Waals surface area (Å²) in [6.07, 6.45) is 0. The van der Waals surface area contributed by atoms with Gasteiger partial charge in [-0.15, -0.1) is 0 Å². The molecule has 0 saturated heterocycles. The number of aromatic nitrogens is 3. The molecule has 0 amide bonds. The van der Waals surface area contributed by atoms with Gasteiger partial charge in [0.25, 0.3) is 0 Å². The van der Waals surface area contributed by atoms with Crippen LogP contribution in [0, 0.1) is 0 Å². The topological polar surface area (TPSA) is 14.8 Å². The van der Waals surface area contributed by atoms with Crippen LogP contribution >= 0.6 is 0 Å². The highest BCUT2D eigenvalue weighted by Crippen LogP contribution is 2.41. The van der Waals surface area contributed by atoms with E-state index < -0.39 is 8.07 Å². The molecule has 300 valence electrons. The molecule has 0 aliphatic carbocycles. The molecule has 10 aromatic carbocycles. The SMILES string of the molecule is c1ccc(-n2c3ccccc3c3ccc(-n4c5ccccc5c5ccc([Si](c6ccccc6)(c6ccccc6)c6ccccc6)c(-n6c7ccccc7c7ccccc76)c54)cc32)cc1. The molecule has 0 spiro atoms. The Bertz CT molecular complexity index is 3730. The Kier molecular flexibility index (Phi) is 8.23. The molecule has 0 radical (unpaired) electrons. The predicted molar refractivity (Wildman–Crippen MR) is 273 cm³/mol. The molecule has 0 atom stereocenters. The Morgan fingerprint density at radius 1 is 0.250 bits per heavy atom. The first-order valence-electron chi connectivity index (χ1n) is 22.1. The summed E-state index contributed by atoms with van der Waals surface area (Å²) >= 11 is 0. The largest absolute Gasteiger partial charge is 0.309 e. The third-order valence-electron chi connectivity index (χ3n) is 13.6. The van der Waals surface area contributed by atoms with Crippen LogP contribution in [0.3, 0.4) is 0 Å².